The fraction of sp³-hybridized carbons (Fsp3) is 0.625. The summed E-state index contributed by atoms with van der Waals surface area (Å²) in [5.74, 6) is 0.693. The lowest BCUT2D eigenvalue weighted by molar-refractivity contribution is -0.0162. The summed E-state index contributed by atoms with van der Waals surface area (Å²) >= 11 is 6.22. The van der Waals surface area contributed by atoms with Gasteiger partial charge in [0.15, 0.2) is 0 Å². The molecule has 0 spiro atoms. The van der Waals surface area contributed by atoms with Gasteiger partial charge in [-0.05, 0) is 51.3 Å². The summed E-state index contributed by atoms with van der Waals surface area (Å²) < 4.78 is 11.2. The van der Waals surface area contributed by atoms with Crippen LogP contribution in [0, 0.1) is 0 Å². The molecule has 0 radical (unpaired) electrons. The molecular formula is C16H26ClNO2. The molecule has 4 heteroatoms. The summed E-state index contributed by atoms with van der Waals surface area (Å²) in [7, 11) is 0. The molecule has 0 aliphatic heterocycles. The number of hydrogen-bond donors (Lipinski definition) is 1. The number of nitrogens with two attached hydrogens (primary N) is 1. The molecule has 1 aromatic rings. The van der Waals surface area contributed by atoms with Crippen LogP contribution in [-0.4, -0.2) is 24.9 Å². The molecule has 3 nitrogen and oxygen atoms in total. The van der Waals surface area contributed by atoms with Gasteiger partial charge in [0, 0.05) is 6.04 Å². The maximum absolute atomic E-state index is 6.22. The molecule has 114 valence electrons. The molecule has 0 saturated carbocycles. The molecule has 1 atom stereocenters. The van der Waals surface area contributed by atoms with Crippen LogP contribution in [-0.2, 0) is 11.2 Å². The Bertz CT molecular complexity index is 415. The van der Waals surface area contributed by atoms with Crippen LogP contribution in [0.5, 0.6) is 5.75 Å². The second-order valence-electron chi connectivity index (χ2n) is 5.95. The highest BCUT2D eigenvalue weighted by Crippen LogP contribution is 2.26. The average molecular weight is 300 g/mol. The van der Waals surface area contributed by atoms with E-state index in [1.165, 1.54) is 0 Å². The molecule has 0 saturated heterocycles. The molecule has 1 rings (SSSR count). The Labute approximate surface area is 127 Å². The zero-order chi connectivity index (χ0) is 15.2. The molecule has 0 bridgehead atoms. The topological polar surface area (TPSA) is 44.5 Å². The van der Waals surface area contributed by atoms with Crippen molar-refractivity contribution in [2.45, 2.75) is 52.2 Å². The van der Waals surface area contributed by atoms with Crippen LogP contribution in [0.3, 0.4) is 0 Å². The molecule has 0 aromatic heterocycles. The van der Waals surface area contributed by atoms with E-state index in [4.69, 9.17) is 26.8 Å². The zero-order valence-electron chi connectivity index (χ0n) is 12.9. The first-order valence-electron chi connectivity index (χ1n) is 7.12. The van der Waals surface area contributed by atoms with Gasteiger partial charge >= 0.3 is 0 Å². The molecule has 0 fully saturated rings. The van der Waals surface area contributed by atoms with Crippen molar-refractivity contribution in [2.24, 2.45) is 5.73 Å². The smallest absolute Gasteiger partial charge is 0.138 e. The molecule has 1 unspecified atom stereocenters. The normalized spacial score (nSPS) is 13.3. The largest absolute Gasteiger partial charge is 0.490 e. The van der Waals surface area contributed by atoms with Gasteiger partial charge in [0.1, 0.15) is 12.4 Å². The minimum Gasteiger partial charge on any atom is -0.490 e. The van der Waals surface area contributed by atoms with E-state index in [2.05, 4.69) is 6.92 Å². The van der Waals surface area contributed by atoms with Crippen molar-refractivity contribution in [3.8, 4) is 5.75 Å². The molecular weight excluding hydrogens is 274 g/mol. The third-order valence-electron chi connectivity index (χ3n) is 2.89. The lowest BCUT2D eigenvalue weighted by Gasteiger charge is -2.19. The molecule has 0 aliphatic rings. The van der Waals surface area contributed by atoms with E-state index in [9.17, 15) is 0 Å². The van der Waals surface area contributed by atoms with Crippen LogP contribution < -0.4 is 10.5 Å². The minimum atomic E-state index is -0.146. The lowest BCUT2D eigenvalue weighted by atomic mass is 10.0. The van der Waals surface area contributed by atoms with Gasteiger partial charge in [0.05, 0.1) is 17.2 Å². The van der Waals surface area contributed by atoms with E-state index in [0.717, 1.165) is 18.4 Å². The first kappa shape index (κ1) is 17.3. The van der Waals surface area contributed by atoms with Gasteiger partial charge in [-0.3, -0.25) is 0 Å². The summed E-state index contributed by atoms with van der Waals surface area (Å²) in [4.78, 5) is 0. The second kappa shape index (κ2) is 7.87. The fourth-order valence-electron chi connectivity index (χ4n) is 1.73. The SMILES string of the molecule is CCC(N)Cc1ccc(OCCOC(C)(C)C)c(Cl)c1. The van der Waals surface area contributed by atoms with Gasteiger partial charge in [0.2, 0.25) is 0 Å². The third kappa shape index (κ3) is 6.60. The lowest BCUT2D eigenvalue weighted by Crippen LogP contribution is -2.22. The predicted octanol–water partition coefficient (Wildman–Crippen LogP) is 3.81. The zero-order valence-corrected chi connectivity index (χ0v) is 13.7. The number of hydrogen-bond acceptors (Lipinski definition) is 3. The van der Waals surface area contributed by atoms with Gasteiger partial charge < -0.3 is 15.2 Å². The molecule has 0 heterocycles. The van der Waals surface area contributed by atoms with E-state index in [1.807, 2.05) is 39.0 Å². The highest BCUT2D eigenvalue weighted by molar-refractivity contribution is 6.32. The number of halogens is 1. The van der Waals surface area contributed by atoms with Crippen LogP contribution in [0.25, 0.3) is 0 Å². The Morgan fingerprint density at radius 1 is 1.25 bits per heavy atom. The van der Waals surface area contributed by atoms with E-state index in [-0.39, 0.29) is 11.6 Å². The van der Waals surface area contributed by atoms with Crippen molar-refractivity contribution in [1.29, 1.82) is 0 Å². The van der Waals surface area contributed by atoms with Gasteiger partial charge in [0.25, 0.3) is 0 Å². The standard InChI is InChI=1S/C16H26ClNO2/c1-5-13(18)10-12-6-7-15(14(17)11-12)19-8-9-20-16(2,3)4/h6-7,11,13H,5,8-10,18H2,1-4H3. The van der Waals surface area contributed by atoms with E-state index in [0.29, 0.717) is 24.0 Å². The van der Waals surface area contributed by atoms with Crippen molar-refractivity contribution in [3.05, 3.63) is 28.8 Å². The van der Waals surface area contributed by atoms with Gasteiger partial charge in [-0.1, -0.05) is 24.6 Å². The number of rotatable bonds is 7. The van der Waals surface area contributed by atoms with Crippen molar-refractivity contribution < 1.29 is 9.47 Å². The van der Waals surface area contributed by atoms with Crippen LogP contribution in [0.2, 0.25) is 5.02 Å². The maximum atomic E-state index is 6.22. The summed E-state index contributed by atoms with van der Waals surface area (Å²) in [6.45, 7) is 9.18. The minimum absolute atomic E-state index is 0.146. The summed E-state index contributed by atoms with van der Waals surface area (Å²) in [5, 5.41) is 0.626. The summed E-state index contributed by atoms with van der Waals surface area (Å²) in [6.07, 6.45) is 1.80. The van der Waals surface area contributed by atoms with Crippen molar-refractivity contribution in [3.63, 3.8) is 0 Å². The Morgan fingerprint density at radius 3 is 2.50 bits per heavy atom. The average Bonchev–Trinajstić information content (AvgIpc) is 2.35. The Morgan fingerprint density at radius 2 is 1.95 bits per heavy atom. The molecule has 0 aliphatic carbocycles. The van der Waals surface area contributed by atoms with Gasteiger partial charge in [-0.25, -0.2) is 0 Å². The van der Waals surface area contributed by atoms with Crippen LogP contribution >= 0.6 is 11.6 Å². The van der Waals surface area contributed by atoms with Crippen LogP contribution in [0.4, 0.5) is 0 Å². The molecule has 20 heavy (non-hydrogen) atoms. The fourth-order valence-corrected chi connectivity index (χ4v) is 1.99. The first-order valence-corrected chi connectivity index (χ1v) is 7.50. The van der Waals surface area contributed by atoms with Crippen molar-refractivity contribution in [1.82, 2.24) is 0 Å². The monoisotopic (exact) mass is 299 g/mol. The predicted molar refractivity (Wildman–Crippen MR) is 84.6 cm³/mol. The third-order valence-corrected chi connectivity index (χ3v) is 3.19. The second-order valence-corrected chi connectivity index (χ2v) is 6.35. The maximum Gasteiger partial charge on any atom is 0.138 e. The van der Waals surface area contributed by atoms with Crippen molar-refractivity contribution >= 4 is 11.6 Å². The van der Waals surface area contributed by atoms with Crippen LogP contribution in [0.1, 0.15) is 39.7 Å². The van der Waals surface area contributed by atoms with E-state index >= 15 is 0 Å². The molecule has 1 aromatic carbocycles. The Balaban J connectivity index is 2.47. The highest BCUT2D eigenvalue weighted by Gasteiger charge is 2.10. The van der Waals surface area contributed by atoms with E-state index in [1.54, 1.807) is 0 Å². The quantitative estimate of drug-likeness (QED) is 0.779. The van der Waals surface area contributed by atoms with Crippen molar-refractivity contribution in [2.75, 3.05) is 13.2 Å². The Hall–Kier alpha value is -0.770. The number of ether oxygens (including phenoxy) is 2. The number of benzene rings is 1. The van der Waals surface area contributed by atoms with Crippen LogP contribution in [0.15, 0.2) is 18.2 Å². The van der Waals surface area contributed by atoms with Gasteiger partial charge in [-0.15, -0.1) is 0 Å². The highest BCUT2D eigenvalue weighted by atomic mass is 35.5. The summed E-state index contributed by atoms with van der Waals surface area (Å²) in [5.41, 5.74) is 6.94. The van der Waals surface area contributed by atoms with E-state index < -0.39 is 0 Å². The Kier molecular flexibility index (Phi) is 6.80. The van der Waals surface area contributed by atoms with Gasteiger partial charge in [-0.2, -0.15) is 0 Å². The molecule has 2 N–H and O–H groups in total. The first-order chi connectivity index (χ1) is 9.31. The molecule has 0 amide bonds. The summed E-state index contributed by atoms with van der Waals surface area (Å²) in [6, 6.07) is 6.02.